The van der Waals surface area contributed by atoms with Crippen LogP contribution in [-0.2, 0) is 9.47 Å². The first-order chi connectivity index (χ1) is 18.5. The Labute approximate surface area is 255 Å². The van der Waals surface area contributed by atoms with E-state index >= 15 is 0 Å². The lowest BCUT2D eigenvalue weighted by molar-refractivity contribution is 0.0174. The molecule has 2 saturated heterocycles. The summed E-state index contributed by atoms with van der Waals surface area (Å²) >= 11 is 6.97. The average molecular weight is 689 g/mol. The Morgan fingerprint density at radius 2 is 1.25 bits per heavy atom. The molecule has 0 N–H and O–H groups in total. The number of aromatic nitrogens is 4. The highest BCUT2D eigenvalue weighted by Crippen LogP contribution is 2.28. The number of ether oxygens (including phenoxy) is 2. The van der Waals surface area contributed by atoms with E-state index in [0.717, 1.165) is 72.2 Å². The van der Waals surface area contributed by atoms with Crippen molar-refractivity contribution in [2.24, 2.45) is 0 Å². The molecule has 0 bridgehead atoms. The number of rotatable bonds is 2. The van der Waals surface area contributed by atoms with Gasteiger partial charge in [-0.2, -0.15) is 10.2 Å². The number of likely N-dealkylation sites (tertiary alicyclic amines) is 2. The third-order valence-electron chi connectivity index (χ3n) is 6.79. The van der Waals surface area contributed by atoms with Crippen molar-refractivity contribution in [1.82, 2.24) is 29.4 Å². The van der Waals surface area contributed by atoms with Gasteiger partial charge < -0.3 is 19.3 Å². The Morgan fingerprint density at radius 1 is 0.800 bits per heavy atom. The molecule has 2 aromatic rings. The van der Waals surface area contributed by atoms with Crippen LogP contribution in [0.25, 0.3) is 0 Å². The standard InChI is InChI=1S/2C14H22BrN3O2/c1-10-12(15)9-18(16-10)11-5-7-17(8-6-11)13(19)20-14(2,3)4;1-10-12(15)9-16-18(10)11-5-7-17(8-6-11)13(19)20-14(2,3)4/h2*9,11H,5-8H2,1-4H3. The molecule has 0 aliphatic carbocycles. The number of carbonyl (C=O) groups excluding carboxylic acids is 2. The van der Waals surface area contributed by atoms with Gasteiger partial charge in [-0.05, 0) is 113 Å². The Kier molecular flexibility index (Phi) is 10.8. The minimum atomic E-state index is -0.433. The molecule has 12 heteroatoms. The first-order valence-electron chi connectivity index (χ1n) is 13.9. The van der Waals surface area contributed by atoms with Gasteiger partial charge in [0.25, 0.3) is 0 Å². The van der Waals surface area contributed by atoms with Crippen molar-refractivity contribution < 1.29 is 19.1 Å². The normalized spacial score (nSPS) is 17.4. The van der Waals surface area contributed by atoms with Gasteiger partial charge in [-0.1, -0.05) is 0 Å². The summed E-state index contributed by atoms with van der Waals surface area (Å²) in [7, 11) is 0. The molecule has 4 rings (SSSR count). The largest absolute Gasteiger partial charge is 0.444 e. The fourth-order valence-corrected chi connectivity index (χ4v) is 5.24. The molecule has 2 fully saturated rings. The highest BCUT2D eigenvalue weighted by atomic mass is 79.9. The van der Waals surface area contributed by atoms with Gasteiger partial charge in [0.15, 0.2) is 0 Å². The molecule has 2 amide bonds. The molecule has 40 heavy (non-hydrogen) atoms. The molecule has 2 aliphatic rings. The first-order valence-corrected chi connectivity index (χ1v) is 15.5. The number of carbonyl (C=O) groups is 2. The number of halogens is 2. The zero-order valence-corrected chi connectivity index (χ0v) is 28.2. The van der Waals surface area contributed by atoms with E-state index in [0.29, 0.717) is 12.1 Å². The molecule has 0 spiro atoms. The van der Waals surface area contributed by atoms with Crippen molar-refractivity contribution in [3.63, 3.8) is 0 Å². The fraction of sp³-hybridized carbons (Fsp3) is 0.714. The Hall–Kier alpha value is -2.08. The second-order valence-corrected chi connectivity index (χ2v) is 14.2. The molecule has 4 heterocycles. The first kappa shape index (κ1) is 32.4. The van der Waals surface area contributed by atoms with Crippen LogP contribution in [-0.4, -0.2) is 78.9 Å². The second kappa shape index (κ2) is 13.3. The fourth-order valence-electron chi connectivity index (χ4n) is 4.68. The molecule has 0 aromatic carbocycles. The predicted molar refractivity (Wildman–Crippen MR) is 161 cm³/mol. The Bertz CT molecular complexity index is 1130. The third-order valence-corrected chi connectivity index (χ3v) is 8.35. The van der Waals surface area contributed by atoms with Gasteiger partial charge >= 0.3 is 12.2 Å². The van der Waals surface area contributed by atoms with Crippen LogP contribution < -0.4 is 0 Å². The SMILES string of the molecule is Cc1c(Br)cnn1C1CCN(C(=O)OC(C)(C)C)CC1.Cc1nn(C2CCN(C(=O)OC(C)(C)C)CC2)cc1Br. The van der Waals surface area contributed by atoms with E-state index < -0.39 is 11.2 Å². The van der Waals surface area contributed by atoms with Crippen LogP contribution in [0.4, 0.5) is 9.59 Å². The maximum atomic E-state index is 12.0. The van der Waals surface area contributed by atoms with E-state index in [1.165, 1.54) is 0 Å². The second-order valence-electron chi connectivity index (χ2n) is 12.5. The van der Waals surface area contributed by atoms with Crippen LogP contribution in [0.5, 0.6) is 0 Å². The van der Waals surface area contributed by atoms with Gasteiger partial charge in [-0.3, -0.25) is 9.36 Å². The molecule has 0 radical (unpaired) electrons. The number of piperidine rings is 2. The summed E-state index contributed by atoms with van der Waals surface area (Å²) in [4.78, 5) is 27.6. The molecule has 2 aliphatic heterocycles. The van der Waals surface area contributed by atoms with Crippen molar-refractivity contribution in [1.29, 1.82) is 0 Å². The van der Waals surface area contributed by atoms with Crippen LogP contribution >= 0.6 is 31.9 Å². The molecule has 224 valence electrons. The average Bonchev–Trinajstić information content (AvgIpc) is 3.38. The summed E-state index contributed by atoms with van der Waals surface area (Å²) in [6.07, 6.45) is 7.06. The molecular formula is C28H44Br2N6O4. The molecule has 2 aromatic heterocycles. The topological polar surface area (TPSA) is 94.7 Å². The van der Waals surface area contributed by atoms with Gasteiger partial charge in [-0.15, -0.1) is 0 Å². The summed E-state index contributed by atoms with van der Waals surface area (Å²) in [5.74, 6) is 0. The van der Waals surface area contributed by atoms with E-state index in [-0.39, 0.29) is 12.2 Å². The Balaban J connectivity index is 0.000000220. The quantitative estimate of drug-likeness (QED) is 0.336. The molecule has 0 unspecified atom stereocenters. The number of hydrogen-bond acceptors (Lipinski definition) is 6. The summed E-state index contributed by atoms with van der Waals surface area (Å²) in [5, 5.41) is 8.90. The number of nitrogens with zero attached hydrogens (tertiary/aromatic N) is 6. The smallest absolute Gasteiger partial charge is 0.410 e. The van der Waals surface area contributed by atoms with E-state index in [1.54, 1.807) is 9.80 Å². The van der Waals surface area contributed by atoms with Crippen LogP contribution in [0.15, 0.2) is 21.3 Å². The van der Waals surface area contributed by atoms with E-state index in [2.05, 4.69) is 53.7 Å². The van der Waals surface area contributed by atoms with Crippen LogP contribution in [0, 0.1) is 13.8 Å². The number of amides is 2. The van der Waals surface area contributed by atoms with Gasteiger partial charge in [0.2, 0.25) is 0 Å². The van der Waals surface area contributed by atoms with Gasteiger partial charge in [-0.25, -0.2) is 9.59 Å². The van der Waals surface area contributed by atoms with Crippen molar-refractivity contribution in [3.05, 3.63) is 32.7 Å². The lowest BCUT2D eigenvalue weighted by Crippen LogP contribution is -2.42. The Morgan fingerprint density at radius 3 is 1.60 bits per heavy atom. The van der Waals surface area contributed by atoms with Gasteiger partial charge in [0, 0.05) is 38.1 Å². The summed E-state index contributed by atoms with van der Waals surface area (Å²) < 4.78 is 16.9. The molecule has 0 saturated carbocycles. The number of aryl methyl sites for hydroxylation is 1. The lowest BCUT2D eigenvalue weighted by atomic mass is 10.1. The van der Waals surface area contributed by atoms with E-state index in [1.807, 2.05) is 65.5 Å². The van der Waals surface area contributed by atoms with Crippen molar-refractivity contribution in [2.75, 3.05) is 26.2 Å². The monoisotopic (exact) mass is 686 g/mol. The summed E-state index contributed by atoms with van der Waals surface area (Å²) in [6, 6.07) is 0.721. The van der Waals surface area contributed by atoms with Gasteiger partial charge in [0.1, 0.15) is 11.2 Å². The third kappa shape index (κ3) is 9.22. The van der Waals surface area contributed by atoms with Crippen molar-refractivity contribution in [3.8, 4) is 0 Å². The highest BCUT2D eigenvalue weighted by molar-refractivity contribution is 9.10. The van der Waals surface area contributed by atoms with Crippen LogP contribution in [0.1, 0.15) is 90.7 Å². The minimum absolute atomic E-state index is 0.214. The van der Waals surface area contributed by atoms with Gasteiger partial charge in [0.05, 0.1) is 32.9 Å². The number of hydrogen-bond donors (Lipinski definition) is 0. The summed E-state index contributed by atoms with van der Waals surface area (Å²) in [6.45, 7) is 18.3. The summed E-state index contributed by atoms with van der Waals surface area (Å²) in [5.41, 5.74) is 1.27. The lowest BCUT2D eigenvalue weighted by Gasteiger charge is -2.33. The maximum absolute atomic E-state index is 12.0. The molecule has 0 atom stereocenters. The molecule has 10 nitrogen and oxygen atoms in total. The highest BCUT2D eigenvalue weighted by Gasteiger charge is 2.29. The van der Waals surface area contributed by atoms with E-state index in [4.69, 9.17) is 9.47 Å². The minimum Gasteiger partial charge on any atom is -0.444 e. The zero-order valence-electron chi connectivity index (χ0n) is 25.0. The van der Waals surface area contributed by atoms with E-state index in [9.17, 15) is 9.59 Å². The van der Waals surface area contributed by atoms with Crippen molar-refractivity contribution in [2.45, 2.75) is 104 Å². The van der Waals surface area contributed by atoms with Crippen LogP contribution in [0.3, 0.4) is 0 Å². The van der Waals surface area contributed by atoms with Crippen LogP contribution in [0.2, 0.25) is 0 Å². The predicted octanol–water partition coefficient (Wildman–Crippen LogP) is 7.05. The maximum Gasteiger partial charge on any atom is 0.410 e. The van der Waals surface area contributed by atoms with Crippen molar-refractivity contribution >= 4 is 44.0 Å². The molecular weight excluding hydrogens is 644 g/mol. The zero-order chi connectivity index (χ0) is 29.8.